The molecule has 204 valence electrons. The van der Waals surface area contributed by atoms with Crippen molar-refractivity contribution in [3.63, 3.8) is 0 Å². The van der Waals surface area contributed by atoms with E-state index in [1.165, 1.54) is 57.3 Å². The van der Waals surface area contributed by atoms with Crippen LogP contribution in [0.2, 0.25) is 0 Å². The SMILES string of the molecule is Cc1cc(C)c2c3ccccc3c(Cc3ccc([C@@H](C(=O)N[C@@H](CO)c4ccccc4)C4CCCC4)cc3)c-2[nH]1. The van der Waals surface area contributed by atoms with Crippen LogP contribution in [-0.2, 0) is 11.2 Å². The second kappa shape index (κ2) is 11.3. The minimum absolute atomic E-state index is 0.0103. The first-order valence-corrected chi connectivity index (χ1v) is 14.6. The number of carbonyl (C=O) groups is 1. The molecule has 0 aromatic heterocycles. The van der Waals surface area contributed by atoms with E-state index in [0.29, 0.717) is 5.92 Å². The predicted octanol–water partition coefficient (Wildman–Crippen LogP) is 7.60. The number of benzene rings is 3. The molecule has 3 aromatic rings. The zero-order valence-corrected chi connectivity index (χ0v) is 23.4. The molecule has 0 unspecified atom stereocenters. The number of rotatable bonds is 8. The maximum absolute atomic E-state index is 13.7. The van der Waals surface area contributed by atoms with Crippen molar-refractivity contribution in [3.05, 3.63) is 118 Å². The van der Waals surface area contributed by atoms with Crippen molar-refractivity contribution in [2.75, 3.05) is 6.61 Å². The van der Waals surface area contributed by atoms with Crippen LogP contribution in [0.5, 0.6) is 0 Å². The van der Waals surface area contributed by atoms with E-state index >= 15 is 0 Å². The van der Waals surface area contributed by atoms with Gasteiger partial charge in [0.15, 0.2) is 0 Å². The molecule has 6 rings (SSSR count). The van der Waals surface area contributed by atoms with Crippen molar-refractivity contribution in [2.24, 2.45) is 5.92 Å². The summed E-state index contributed by atoms with van der Waals surface area (Å²) in [5.74, 6) is 0.120. The van der Waals surface area contributed by atoms with E-state index < -0.39 is 6.04 Å². The normalized spacial score (nSPS) is 15.5. The molecule has 4 nitrogen and oxygen atoms in total. The van der Waals surface area contributed by atoms with E-state index in [1.807, 2.05) is 30.3 Å². The van der Waals surface area contributed by atoms with Crippen LogP contribution in [0.25, 0.3) is 22.0 Å². The third kappa shape index (κ3) is 5.04. The van der Waals surface area contributed by atoms with Gasteiger partial charge in [-0.3, -0.25) is 4.79 Å². The molecular formula is C36H38N2O2. The molecule has 0 bridgehead atoms. The molecule has 1 amide bonds. The molecule has 40 heavy (non-hydrogen) atoms. The van der Waals surface area contributed by atoms with Crippen molar-refractivity contribution < 1.29 is 9.90 Å². The third-order valence-electron chi connectivity index (χ3n) is 8.80. The molecule has 0 radical (unpaired) electrons. The summed E-state index contributed by atoms with van der Waals surface area (Å²) in [6.07, 6.45) is 5.29. The maximum atomic E-state index is 13.7. The minimum atomic E-state index is -0.404. The van der Waals surface area contributed by atoms with Gasteiger partial charge in [0.2, 0.25) is 5.91 Å². The van der Waals surface area contributed by atoms with Gasteiger partial charge in [-0.2, -0.15) is 0 Å². The van der Waals surface area contributed by atoms with Crippen LogP contribution < -0.4 is 5.32 Å². The standard InChI is InChI=1S/C36H38N2O2/c1-23-20-24(2)37-35-31(29-14-8-9-15-30(29)33(23)35)21-25-16-18-28(19-17-25)34(27-12-6-7-13-27)36(40)38-32(22-39)26-10-4-3-5-11-26/h3-5,8-11,14-20,27,32,34,37,39H,6-7,12-13,21-22H2,1-2H3,(H,38,40)/t32-,34-/m0/s1. The van der Waals surface area contributed by atoms with Crippen LogP contribution in [-0.4, -0.2) is 22.6 Å². The number of aliphatic hydroxyl groups excluding tert-OH is 1. The maximum Gasteiger partial charge on any atom is 0.228 e. The summed E-state index contributed by atoms with van der Waals surface area (Å²) in [5.41, 5.74) is 9.54. The summed E-state index contributed by atoms with van der Waals surface area (Å²) in [7, 11) is 0. The monoisotopic (exact) mass is 530 g/mol. The van der Waals surface area contributed by atoms with E-state index in [0.717, 1.165) is 30.4 Å². The second-order valence-electron chi connectivity index (χ2n) is 11.5. The molecule has 3 aromatic carbocycles. The molecular weight excluding hydrogens is 492 g/mol. The molecule has 1 saturated carbocycles. The van der Waals surface area contributed by atoms with Gasteiger partial charge in [0.05, 0.1) is 24.3 Å². The molecule has 1 fully saturated rings. The van der Waals surface area contributed by atoms with Crippen LogP contribution in [0.1, 0.15) is 71.2 Å². The number of fused-ring (bicyclic) bond motifs is 3. The number of aliphatic hydroxyl groups is 1. The fraction of sp³-hybridized carbons (Fsp3) is 0.306. The van der Waals surface area contributed by atoms with Crippen molar-refractivity contribution >= 4 is 16.7 Å². The number of hydrogen-bond acceptors (Lipinski definition) is 2. The molecule has 0 spiro atoms. The van der Waals surface area contributed by atoms with Gasteiger partial charge >= 0.3 is 0 Å². The predicted molar refractivity (Wildman–Crippen MR) is 163 cm³/mol. The Morgan fingerprint density at radius 3 is 2.27 bits per heavy atom. The summed E-state index contributed by atoms with van der Waals surface area (Å²) >= 11 is 0. The lowest BCUT2D eigenvalue weighted by Crippen LogP contribution is -2.37. The van der Waals surface area contributed by atoms with Crippen LogP contribution in [0.15, 0.2) is 84.9 Å². The quantitative estimate of drug-likeness (QED) is 0.193. The fourth-order valence-electron chi connectivity index (χ4n) is 6.90. The zero-order chi connectivity index (χ0) is 27.6. The molecule has 2 atom stereocenters. The van der Waals surface area contributed by atoms with Gasteiger partial charge in [0, 0.05) is 17.7 Å². The highest BCUT2D eigenvalue weighted by Gasteiger charge is 2.33. The zero-order valence-electron chi connectivity index (χ0n) is 23.4. The lowest BCUT2D eigenvalue weighted by molar-refractivity contribution is -0.124. The van der Waals surface area contributed by atoms with Gasteiger partial charge in [-0.15, -0.1) is 0 Å². The number of aromatic nitrogens is 1. The number of H-pyrrole nitrogens is 1. The highest BCUT2D eigenvalue weighted by molar-refractivity contribution is 6.06. The lowest BCUT2D eigenvalue weighted by atomic mass is 9.83. The van der Waals surface area contributed by atoms with Gasteiger partial charge in [-0.05, 0) is 77.3 Å². The molecule has 1 heterocycles. The smallest absolute Gasteiger partial charge is 0.228 e. The average molecular weight is 531 g/mol. The molecule has 0 saturated heterocycles. The van der Waals surface area contributed by atoms with Gasteiger partial charge in [-0.1, -0.05) is 91.7 Å². The largest absolute Gasteiger partial charge is 0.394 e. The van der Waals surface area contributed by atoms with Gasteiger partial charge in [0.1, 0.15) is 0 Å². The Morgan fingerprint density at radius 2 is 1.57 bits per heavy atom. The fourth-order valence-corrected chi connectivity index (χ4v) is 6.90. The first kappa shape index (κ1) is 26.3. The Hall–Kier alpha value is -3.89. The Kier molecular flexibility index (Phi) is 7.44. The number of carbonyl (C=O) groups excluding carboxylic acids is 1. The Labute approximate surface area is 236 Å². The van der Waals surface area contributed by atoms with Gasteiger partial charge in [-0.25, -0.2) is 0 Å². The highest BCUT2D eigenvalue weighted by atomic mass is 16.3. The van der Waals surface area contributed by atoms with E-state index in [1.54, 1.807) is 0 Å². The van der Waals surface area contributed by atoms with Crippen molar-refractivity contribution in [1.29, 1.82) is 0 Å². The summed E-state index contributed by atoms with van der Waals surface area (Å²) in [4.78, 5) is 17.4. The average Bonchev–Trinajstić information content (AvgIpc) is 3.60. The van der Waals surface area contributed by atoms with E-state index in [2.05, 4.69) is 78.7 Å². The number of hydrogen-bond donors (Lipinski definition) is 3. The van der Waals surface area contributed by atoms with Crippen molar-refractivity contribution in [1.82, 2.24) is 10.3 Å². The van der Waals surface area contributed by atoms with Crippen molar-refractivity contribution in [3.8, 4) is 11.3 Å². The Balaban J connectivity index is 1.29. The third-order valence-corrected chi connectivity index (χ3v) is 8.80. The molecule has 1 aliphatic heterocycles. The van der Waals surface area contributed by atoms with Gasteiger partial charge < -0.3 is 15.4 Å². The summed E-state index contributed by atoms with van der Waals surface area (Å²) < 4.78 is 0. The van der Waals surface area contributed by atoms with E-state index in [9.17, 15) is 9.90 Å². The number of nitrogens with one attached hydrogen (secondary N) is 2. The number of aryl methyl sites for hydroxylation is 2. The molecule has 3 aliphatic rings. The Bertz CT molecular complexity index is 1580. The molecule has 3 N–H and O–H groups in total. The number of pyridine rings is 1. The summed E-state index contributed by atoms with van der Waals surface area (Å²) in [6.45, 7) is 4.20. The topological polar surface area (TPSA) is 65.1 Å². The van der Waals surface area contributed by atoms with Gasteiger partial charge in [0.25, 0.3) is 0 Å². The van der Waals surface area contributed by atoms with Crippen LogP contribution >= 0.6 is 0 Å². The summed E-state index contributed by atoms with van der Waals surface area (Å²) in [6, 6.07) is 29.0. The number of aromatic amines is 1. The lowest BCUT2D eigenvalue weighted by Gasteiger charge is -2.26. The second-order valence-corrected chi connectivity index (χ2v) is 11.5. The Morgan fingerprint density at radius 1 is 0.900 bits per heavy atom. The summed E-state index contributed by atoms with van der Waals surface area (Å²) in [5, 5.41) is 15.8. The van der Waals surface area contributed by atoms with Crippen LogP contribution in [0.4, 0.5) is 0 Å². The van der Waals surface area contributed by atoms with Crippen LogP contribution in [0, 0.1) is 19.8 Å². The number of amides is 1. The van der Waals surface area contributed by atoms with Crippen molar-refractivity contribution in [2.45, 2.75) is 57.9 Å². The minimum Gasteiger partial charge on any atom is -0.394 e. The first-order valence-electron chi connectivity index (χ1n) is 14.6. The molecule has 4 heteroatoms. The van der Waals surface area contributed by atoms with E-state index in [4.69, 9.17) is 0 Å². The first-order chi connectivity index (χ1) is 19.5. The van der Waals surface area contributed by atoms with Crippen LogP contribution in [0.3, 0.4) is 0 Å². The molecule has 2 aliphatic carbocycles. The van der Waals surface area contributed by atoms with E-state index in [-0.39, 0.29) is 18.4 Å². The highest BCUT2D eigenvalue weighted by Crippen LogP contribution is 2.42.